The molecule has 0 saturated carbocycles. The summed E-state index contributed by atoms with van der Waals surface area (Å²) >= 11 is 5.95. The summed E-state index contributed by atoms with van der Waals surface area (Å²) in [5, 5.41) is 3.46. The van der Waals surface area contributed by atoms with Gasteiger partial charge >= 0.3 is 0 Å². The predicted molar refractivity (Wildman–Crippen MR) is 53.7 cm³/mol. The van der Waals surface area contributed by atoms with E-state index in [-0.39, 0.29) is 11.9 Å². The van der Waals surface area contributed by atoms with Gasteiger partial charge in [0.15, 0.2) is 0 Å². The first kappa shape index (κ1) is 10.1. The number of amides is 1. The van der Waals surface area contributed by atoms with Gasteiger partial charge in [-0.05, 0) is 18.6 Å². The van der Waals surface area contributed by atoms with Crippen LogP contribution in [0.3, 0.4) is 0 Å². The molecule has 70 valence electrons. The summed E-state index contributed by atoms with van der Waals surface area (Å²) < 4.78 is 0. The highest BCUT2D eigenvalue weighted by Crippen LogP contribution is 2.21. The first-order chi connectivity index (χ1) is 6.11. The van der Waals surface area contributed by atoms with Crippen LogP contribution in [-0.4, -0.2) is 5.91 Å². The highest BCUT2D eigenvalue weighted by atomic mass is 35.5. The Bertz CT molecular complexity index is 312. The Labute approximate surface area is 82.9 Å². The van der Waals surface area contributed by atoms with Gasteiger partial charge in [0.2, 0.25) is 5.91 Å². The van der Waals surface area contributed by atoms with E-state index in [0.717, 1.165) is 5.56 Å². The maximum atomic E-state index is 10.8. The van der Waals surface area contributed by atoms with Crippen LogP contribution in [0.25, 0.3) is 0 Å². The van der Waals surface area contributed by atoms with Crippen LogP contribution in [0.1, 0.15) is 25.5 Å². The van der Waals surface area contributed by atoms with Gasteiger partial charge in [-0.2, -0.15) is 0 Å². The van der Waals surface area contributed by atoms with Crippen molar-refractivity contribution in [3.8, 4) is 0 Å². The van der Waals surface area contributed by atoms with E-state index in [2.05, 4.69) is 5.32 Å². The summed E-state index contributed by atoms with van der Waals surface area (Å²) in [6.45, 7) is 3.40. The van der Waals surface area contributed by atoms with Crippen molar-refractivity contribution in [1.29, 1.82) is 0 Å². The molecule has 3 heteroatoms. The Morgan fingerprint density at radius 2 is 2.08 bits per heavy atom. The van der Waals surface area contributed by atoms with Crippen LogP contribution < -0.4 is 5.32 Å². The molecule has 0 fully saturated rings. The monoisotopic (exact) mass is 197 g/mol. The van der Waals surface area contributed by atoms with Gasteiger partial charge in [-0.15, -0.1) is 0 Å². The lowest BCUT2D eigenvalue weighted by Crippen LogP contribution is -2.23. The van der Waals surface area contributed by atoms with Crippen molar-refractivity contribution in [1.82, 2.24) is 5.32 Å². The zero-order valence-electron chi connectivity index (χ0n) is 7.67. The van der Waals surface area contributed by atoms with Gasteiger partial charge in [-0.1, -0.05) is 29.8 Å². The molecule has 1 aromatic carbocycles. The summed E-state index contributed by atoms with van der Waals surface area (Å²) in [6, 6.07) is 7.45. The minimum Gasteiger partial charge on any atom is -0.350 e. The number of hydrogen-bond acceptors (Lipinski definition) is 1. The number of nitrogens with one attached hydrogen (secondary N) is 1. The topological polar surface area (TPSA) is 29.1 Å². The fourth-order valence-electron chi connectivity index (χ4n) is 1.21. The molecule has 1 rings (SSSR count). The number of benzene rings is 1. The summed E-state index contributed by atoms with van der Waals surface area (Å²) in [5.41, 5.74) is 0.944. The molecule has 1 atom stereocenters. The van der Waals surface area contributed by atoms with Crippen molar-refractivity contribution >= 4 is 17.5 Å². The number of hydrogen-bond donors (Lipinski definition) is 1. The number of carbonyl (C=O) groups excluding carboxylic acids is 1. The van der Waals surface area contributed by atoms with Gasteiger partial charge in [0, 0.05) is 11.9 Å². The molecule has 13 heavy (non-hydrogen) atoms. The molecular weight excluding hydrogens is 186 g/mol. The molecule has 1 aromatic rings. The molecule has 0 spiro atoms. The fraction of sp³-hybridized carbons (Fsp3) is 0.300. The first-order valence-electron chi connectivity index (χ1n) is 4.13. The molecular formula is C10H12ClNO. The third-order valence-electron chi connectivity index (χ3n) is 1.79. The largest absolute Gasteiger partial charge is 0.350 e. The van der Waals surface area contributed by atoms with Crippen LogP contribution in [0, 0.1) is 0 Å². The highest BCUT2D eigenvalue weighted by molar-refractivity contribution is 6.31. The molecule has 0 heterocycles. The van der Waals surface area contributed by atoms with Crippen LogP contribution in [0.15, 0.2) is 24.3 Å². The van der Waals surface area contributed by atoms with E-state index in [1.807, 2.05) is 31.2 Å². The molecule has 0 bridgehead atoms. The van der Waals surface area contributed by atoms with Crippen LogP contribution in [0.4, 0.5) is 0 Å². The van der Waals surface area contributed by atoms with E-state index in [1.165, 1.54) is 6.92 Å². The van der Waals surface area contributed by atoms with E-state index >= 15 is 0 Å². The summed E-state index contributed by atoms with van der Waals surface area (Å²) in [5.74, 6) is -0.0487. The van der Waals surface area contributed by atoms with E-state index < -0.39 is 0 Å². The fourth-order valence-corrected chi connectivity index (χ4v) is 1.51. The van der Waals surface area contributed by atoms with Crippen LogP contribution >= 0.6 is 11.6 Å². The third kappa shape index (κ3) is 2.74. The van der Waals surface area contributed by atoms with Gasteiger partial charge in [0.25, 0.3) is 0 Å². The Balaban J connectivity index is 2.82. The van der Waals surface area contributed by atoms with Crippen LogP contribution in [0.2, 0.25) is 5.02 Å². The van der Waals surface area contributed by atoms with Gasteiger partial charge in [-0.3, -0.25) is 4.79 Å². The molecule has 1 unspecified atom stereocenters. The lowest BCUT2D eigenvalue weighted by atomic mass is 10.1. The molecule has 1 N–H and O–H groups in total. The first-order valence-corrected chi connectivity index (χ1v) is 4.50. The minimum atomic E-state index is -0.0487. The Morgan fingerprint density at radius 1 is 1.46 bits per heavy atom. The summed E-state index contributed by atoms with van der Waals surface area (Å²) in [4.78, 5) is 10.8. The van der Waals surface area contributed by atoms with E-state index in [0.29, 0.717) is 5.02 Å². The molecule has 0 aliphatic heterocycles. The van der Waals surface area contributed by atoms with Crippen molar-refractivity contribution in [2.75, 3.05) is 0 Å². The Kier molecular flexibility index (Phi) is 3.32. The lowest BCUT2D eigenvalue weighted by molar-refractivity contribution is -0.119. The average Bonchev–Trinajstić information content (AvgIpc) is 2.03. The van der Waals surface area contributed by atoms with E-state index in [9.17, 15) is 4.79 Å². The van der Waals surface area contributed by atoms with Crippen LogP contribution in [0.5, 0.6) is 0 Å². The van der Waals surface area contributed by atoms with Crippen LogP contribution in [-0.2, 0) is 4.79 Å². The van der Waals surface area contributed by atoms with E-state index in [1.54, 1.807) is 0 Å². The molecule has 2 nitrogen and oxygen atoms in total. The van der Waals surface area contributed by atoms with Crippen molar-refractivity contribution in [2.45, 2.75) is 19.9 Å². The SMILES string of the molecule is CC(=O)NC(C)c1ccccc1Cl. The number of halogens is 1. The summed E-state index contributed by atoms with van der Waals surface area (Å²) in [7, 11) is 0. The molecule has 0 saturated heterocycles. The van der Waals surface area contributed by atoms with Gasteiger partial charge in [-0.25, -0.2) is 0 Å². The molecule has 1 amide bonds. The second-order valence-electron chi connectivity index (χ2n) is 2.94. The minimum absolute atomic E-state index is 0.0359. The third-order valence-corrected chi connectivity index (χ3v) is 2.14. The van der Waals surface area contributed by atoms with Gasteiger partial charge < -0.3 is 5.32 Å². The normalized spacial score (nSPS) is 12.2. The maximum absolute atomic E-state index is 10.8. The Morgan fingerprint density at radius 3 is 2.62 bits per heavy atom. The van der Waals surface area contributed by atoms with E-state index in [4.69, 9.17) is 11.6 Å². The second-order valence-corrected chi connectivity index (χ2v) is 3.35. The Hall–Kier alpha value is -1.02. The molecule has 0 aliphatic rings. The van der Waals surface area contributed by atoms with Crippen molar-refractivity contribution < 1.29 is 4.79 Å². The lowest BCUT2D eigenvalue weighted by Gasteiger charge is -2.13. The quantitative estimate of drug-likeness (QED) is 0.776. The maximum Gasteiger partial charge on any atom is 0.217 e. The zero-order chi connectivity index (χ0) is 9.84. The second kappa shape index (κ2) is 4.28. The van der Waals surface area contributed by atoms with Crippen molar-refractivity contribution in [3.63, 3.8) is 0 Å². The highest BCUT2D eigenvalue weighted by Gasteiger charge is 2.08. The zero-order valence-corrected chi connectivity index (χ0v) is 8.43. The number of rotatable bonds is 2. The van der Waals surface area contributed by atoms with Gasteiger partial charge in [0.05, 0.1) is 6.04 Å². The van der Waals surface area contributed by atoms with Crippen molar-refractivity contribution in [3.05, 3.63) is 34.9 Å². The standard InChI is InChI=1S/C10H12ClNO/c1-7(12-8(2)13)9-5-3-4-6-10(9)11/h3-7H,1-2H3,(H,12,13). The summed E-state index contributed by atoms with van der Waals surface area (Å²) in [6.07, 6.45) is 0. The predicted octanol–water partition coefficient (Wildman–Crippen LogP) is 2.54. The molecule has 0 aliphatic carbocycles. The average molecular weight is 198 g/mol. The smallest absolute Gasteiger partial charge is 0.217 e. The number of carbonyl (C=O) groups is 1. The molecule has 0 radical (unpaired) electrons. The van der Waals surface area contributed by atoms with Crippen molar-refractivity contribution in [2.24, 2.45) is 0 Å². The van der Waals surface area contributed by atoms with Gasteiger partial charge in [0.1, 0.15) is 0 Å². The molecule has 0 aromatic heterocycles.